The van der Waals surface area contributed by atoms with Gasteiger partial charge in [-0.05, 0) is 42.6 Å². The van der Waals surface area contributed by atoms with E-state index in [0.29, 0.717) is 24.3 Å². The summed E-state index contributed by atoms with van der Waals surface area (Å²) in [6.07, 6.45) is 2.38. The Morgan fingerprint density at radius 3 is 2.31 bits per heavy atom. The van der Waals surface area contributed by atoms with E-state index in [2.05, 4.69) is 31.8 Å². The van der Waals surface area contributed by atoms with Crippen molar-refractivity contribution in [2.45, 2.75) is 44.4 Å². The summed E-state index contributed by atoms with van der Waals surface area (Å²) in [5.74, 6) is -1.28. The van der Waals surface area contributed by atoms with E-state index in [1.807, 2.05) is 31.2 Å². The second-order valence-corrected chi connectivity index (χ2v) is 15.0. The second-order valence-electron chi connectivity index (χ2n) is 9.12. The molecule has 6 heteroatoms. The Hall–Kier alpha value is -2.08. The van der Waals surface area contributed by atoms with Gasteiger partial charge in [-0.1, -0.05) is 67.6 Å². The summed E-state index contributed by atoms with van der Waals surface area (Å²) in [4.78, 5) is 4.70. The van der Waals surface area contributed by atoms with Gasteiger partial charge in [0.25, 0.3) is 0 Å². The molecule has 0 saturated carbocycles. The molecule has 0 aliphatic carbocycles. The fourth-order valence-corrected chi connectivity index (χ4v) is 6.37. The molecular weight excluding hydrogens is 444 g/mol. The Kier molecular flexibility index (Phi) is 8.20. The second kappa shape index (κ2) is 10.7. The first-order valence-electron chi connectivity index (χ1n) is 10.9. The summed E-state index contributed by atoms with van der Waals surface area (Å²) >= 11 is 5.88. The van der Waals surface area contributed by atoms with Gasteiger partial charge in [0.1, 0.15) is 5.82 Å². The molecule has 0 saturated heterocycles. The van der Waals surface area contributed by atoms with Crippen LogP contribution < -0.4 is 0 Å². The van der Waals surface area contributed by atoms with Crippen molar-refractivity contribution in [1.82, 2.24) is 4.98 Å². The zero-order chi connectivity index (χ0) is 23.3. The molecule has 0 N–H and O–H groups in total. The van der Waals surface area contributed by atoms with Gasteiger partial charge in [-0.25, -0.2) is 8.78 Å². The van der Waals surface area contributed by atoms with Crippen molar-refractivity contribution in [1.29, 1.82) is 0 Å². The summed E-state index contributed by atoms with van der Waals surface area (Å²) in [5.41, 5.74) is 2.70. The lowest BCUT2D eigenvalue weighted by atomic mass is 9.91. The molecule has 32 heavy (non-hydrogen) atoms. The lowest BCUT2D eigenvalue weighted by molar-refractivity contribution is 0.137. The predicted octanol–water partition coefficient (Wildman–Crippen LogP) is 7.75. The molecule has 2 atom stereocenters. The molecule has 0 fully saturated rings. The average Bonchev–Trinajstić information content (AvgIpc) is 2.76. The van der Waals surface area contributed by atoms with Crippen LogP contribution in [0.5, 0.6) is 0 Å². The highest BCUT2D eigenvalue weighted by molar-refractivity contribution is 6.77. The van der Waals surface area contributed by atoms with Gasteiger partial charge in [-0.2, -0.15) is 0 Å². The van der Waals surface area contributed by atoms with Crippen LogP contribution in [-0.2, 0) is 11.2 Å². The van der Waals surface area contributed by atoms with Gasteiger partial charge >= 0.3 is 0 Å². The highest BCUT2D eigenvalue weighted by Crippen LogP contribution is 2.40. The zero-order valence-electron chi connectivity index (χ0n) is 19.0. The van der Waals surface area contributed by atoms with Crippen LogP contribution in [0, 0.1) is 11.6 Å². The molecule has 1 aromatic heterocycles. The van der Waals surface area contributed by atoms with Crippen LogP contribution in [0.15, 0.2) is 60.8 Å². The van der Waals surface area contributed by atoms with Crippen molar-refractivity contribution in [2.24, 2.45) is 0 Å². The number of benzene rings is 2. The topological polar surface area (TPSA) is 22.1 Å². The number of ether oxygens (including phenoxy) is 1. The van der Waals surface area contributed by atoms with E-state index in [1.165, 1.54) is 17.7 Å². The van der Waals surface area contributed by atoms with E-state index in [9.17, 15) is 8.78 Å². The number of halogens is 3. The van der Waals surface area contributed by atoms with Crippen LogP contribution in [0.3, 0.4) is 0 Å². The molecule has 0 amide bonds. The summed E-state index contributed by atoms with van der Waals surface area (Å²) < 4.78 is 34.8. The van der Waals surface area contributed by atoms with Gasteiger partial charge < -0.3 is 4.74 Å². The smallest absolute Gasteiger partial charge is 0.152 e. The summed E-state index contributed by atoms with van der Waals surface area (Å²) in [6, 6.07) is 16.4. The molecule has 0 aliphatic heterocycles. The van der Waals surface area contributed by atoms with E-state index >= 15 is 0 Å². The van der Waals surface area contributed by atoms with E-state index in [0.717, 1.165) is 12.1 Å². The van der Waals surface area contributed by atoms with Crippen LogP contribution in [0.2, 0.25) is 30.2 Å². The van der Waals surface area contributed by atoms with Crippen LogP contribution >= 0.6 is 11.6 Å². The molecule has 2 aromatic carbocycles. The summed E-state index contributed by atoms with van der Waals surface area (Å²) in [7, 11) is -1.63. The van der Waals surface area contributed by atoms with Crippen molar-refractivity contribution in [3.63, 3.8) is 0 Å². The maximum absolute atomic E-state index is 14.5. The molecule has 2 nitrogen and oxygen atoms in total. The van der Waals surface area contributed by atoms with Crippen LogP contribution in [-0.4, -0.2) is 26.3 Å². The minimum Gasteiger partial charge on any atom is -0.382 e. The average molecular weight is 474 g/mol. The van der Waals surface area contributed by atoms with Gasteiger partial charge in [-0.3, -0.25) is 4.98 Å². The van der Waals surface area contributed by atoms with Crippen molar-refractivity contribution >= 4 is 19.7 Å². The van der Waals surface area contributed by atoms with Crippen molar-refractivity contribution in [2.75, 3.05) is 13.2 Å². The Morgan fingerprint density at radius 1 is 1.00 bits per heavy atom. The first-order chi connectivity index (χ1) is 15.2. The Morgan fingerprint density at radius 2 is 1.72 bits per heavy atom. The molecule has 0 spiro atoms. The monoisotopic (exact) mass is 473 g/mol. The fourth-order valence-electron chi connectivity index (χ4n) is 4.10. The Bertz CT molecular complexity index is 1020. The van der Waals surface area contributed by atoms with E-state index < -0.39 is 19.7 Å². The van der Waals surface area contributed by atoms with Gasteiger partial charge in [-0.15, -0.1) is 0 Å². The van der Waals surface area contributed by atoms with Crippen LogP contribution in [0.1, 0.15) is 24.1 Å². The van der Waals surface area contributed by atoms with Crippen LogP contribution in [0.25, 0.3) is 11.1 Å². The van der Waals surface area contributed by atoms with E-state index in [4.69, 9.17) is 21.3 Å². The third-order valence-electron chi connectivity index (χ3n) is 5.90. The number of hydrogen-bond donors (Lipinski definition) is 0. The number of hydrogen-bond acceptors (Lipinski definition) is 2. The van der Waals surface area contributed by atoms with Gasteiger partial charge in [0.2, 0.25) is 0 Å². The fraction of sp³-hybridized carbons (Fsp3) is 0.346. The third-order valence-corrected chi connectivity index (χ3v) is 8.98. The van der Waals surface area contributed by atoms with Gasteiger partial charge in [0.05, 0.1) is 18.7 Å². The SMILES string of the molecule is CCOCC(C(Cc1ccccc1)c1ccc(-c2c(F)ccc(Cl)c2F)cn1)[Si](C)(C)C. The highest BCUT2D eigenvalue weighted by Gasteiger charge is 2.35. The van der Waals surface area contributed by atoms with Crippen molar-refractivity contribution in [3.05, 3.63) is 88.7 Å². The molecule has 3 aromatic rings. The maximum atomic E-state index is 14.5. The number of nitrogens with zero attached hydrogens (tertiary/aromatic N) is 1. The molecule has 2 unspecified atom stereocenters. The largest absolute Gasteiger partial charge is 0.382 e. The number of rotatable bonds is 9. The third kappa shape index (κ3) is 5.83. The Balaban J connectivity index is 2.02. The summed E-state index contributed by atoms with van der Waals surface area (Å²) in [6.45, 7) is 10.4. The summed E-state index contributed by atoms with van der Waals surface area (Å²) in [5, 5.41) is -0.108. The van der Waals surface area contributed by atoms with Crippen molar-refractivity contribution in [3.8, 4) is 11.1 Å². The standard InChI is InChI=1S/C26H30ClF2NOSi/c1-5-31-17-24(32(2,3)4)20(15-18-9-7-6-8-10-18)23-14-11-19(16-30-23)25-22(28)13-12-21(27)26(25)29/h6-14,16,20,24H,5,15,17H2,1-4H3. The van der Waals surface area contributed by atoms with E-state index in [1.54, 1.807) is 12.3 Å². The lowest BCUT2D eigenvalue weighted by Gasteiger charge is -2.36. The number of aromatic nitrogens is 1. The molecule has 170 valence electrons. The molecule has 0 radical (unpaired) electrons. The maximum Gasteiger partial charge on any atom is 0.152 e. The molecule has 0 aliphatic rings. The number of pyridine rings is 1. The molecule has 1 heterocycles. The minimum atomic E-state index is -1.63. The molecular formula is C26H30ClF2NOSi. The van der Waals surface area contributed by atoms with Gasteiger partial charge in [0, 0.05) is 36.6 Å². The van der Waals surface area contributed by atoms with Crippen LogP contribution in [0.4, 0.5) is 8.78 Å². The Labute approximate surface area is 195 Å². The predicted molar refractivity (Wildman–Crippen MR) is 131 cm³/mol. The quantitative estimate of drug-likeness (QED) is 0.234. The first-order valence-corrected chi connectivity index (χ1v) is 14.9. The van der Waals surface area contributed by atoms with Gasteiger partial charge in [0.15, 0.2) is 5.82 Å². The normalized spacial score (nSPS) is 13.7. The molecule has 0 bridgehead atoms. The zero-order valence-corrected chi connectivity index (χ0v) is 20.8. The highest BCUT2D eigenvalue weighted by atomic mass is 35.5. The lowest BCUT2D eigenvalue weighted by Crippen LogP contribution is -2.36. The minimum absolute atomic E-state index is 0.108. The van der Waals surface area contributed by atoms with Crippen molar-refractivity contribution < 1.29 is 13.5 Å². The molecule has 3 rings (SSSR count). The first kappa shape index (κ1) is 24.6. The van der Waals surface area contributed by atoms with E-state index in [-0.39, 0.29) is 16.5 Å².